The maximum Gasteiger partial charge on any atom is 0.328 e. The number of carboxylic acids is 2. The fraction of sp³-hybridized carbons (Fsp3) is 0.222. The topological polar surface area (TPSA) is 101 Å². The molecule has 1 aromatic heterocycles. The first-order valence-corrected chi connectivity index (χ1v) is 7.67. The van der Waals surface area contributed by atoms with Crippen molar-refractivity contribution in [3.8, 4) is 5.75 Å². The lowest BCUT2D eigenvalue weighted by Crippen LogP contribution is -2.33. The second-order valence-electron chi connectivity index (χ2n) is 5.30. The van der Waals surface area contributed by atoms with Crippen LogP contribution in [-0.2, 0) is 16.1 Å². The third kappa shape index (κ3) is 5.22. The van der Waals surface area contributed by atoms with Gasteiger partial charge in [0, 0.05) is 37.1 Å². The predicted molar refractivity (Wildman–Crippen MR) is 91.7 cm³/mol. The Kier molecular flexibility index (Phi) is 6.36. The molecule has 1 unspecified atom stereocenters. The third-order valence-corrected chi connectivity index (χ3v) is 3.68. The van der Waals surface area contributed by atoms with Crippen molar-refractivity contribution < 1.29 is 24.5 Å². The van der Waals surface area contributed by atoms with Crippen LogP contribution in [0.5, 0.6) is 5.75 Å². The quantitative estimate of drug-likeness (QED) is 0.733. The molecule has 2 heterocycles. The molecule has 7 heteroatoms. The van der Waals surface area contributed by atoms with E-state index in [1.165, 1.54) is 11.3 Å². The van der Waals surface area contributed by atoms with Crippen molar-refractivity contribution in [2.45, 2.75) is 12.6 Å². The summed E-state index contributed by atoms with van der Waals surface area (Å²) in [6, 6.07) is 12.9. The van der Waals surface area contributed by atoms with E-state index in [0.29, 0.717) is 18.2 Å². The molecule has 3 N–H and O–H groups in total. The van der Waals surface area contributed by atoms with Crippen molar-refractivity contribution in [1.29, 1.82) is 0 Å². The van der Waals surface area contributed by atoms with E-state index in [1.807, 2.05) is 12.1 Å². The number of carbonyl (C=O) groups is 2. The number of nitrogens with one attached hydrogen (secondary N) is 1. The zero-order chi connectivity index (χ0) is 18.2. The Hall–Kier alpha value is -3.06. The summed E-state index contributed by atoms with van der Waals surface area (Å²) in [6.45, 7) is 2.06. The van der Waals surface area contributed by atoms with Crippen LogP contribution in [0.15, 0.2) is 54.7 Å². The molecule has 0 amide bonds. The summed E-state index contributed by atoms with van der Waals surface area (Å²) < 4.78 is 7.50. The number of hydrogen-bond donors (Lipinski definition) is 3. The second kappa shape index (κ2) is 8.70. The van der Waals surface area contributed by atoms with Crippen LogP contribution in [0.3, 0.4) is 0 Å². The van der Waals surface area contributed by atoms with E-state index in [2.05, 4.69) is 40.3 Å². The average molecular weight is 344 g/mol. The van der Waals surface area contributed by atoms with Gasteiger partial charge < -0.3 is 24.8 Å². The summed E-state index contributed by atoms with van der Waals surface area (Å²) in [5.41, 5.74) is 2.62. The molecule has 3 rings (SSSR count). The molecular formula is C18H20N2O5. The van der Waals surface area contributed by atoms with E-state index in [0.717, 1.165) is 18.8 Å². The number of carboxylic acid groups (broad SMARTS) is 2. The number of aliphatic carboxylic acids is 2. The lowest BCUT2D eigenvalue weighted by atomic mass is 10.0. The van der Waals surface area contributed by atoms with Gasteiger partial charge >= 0.3 is 11.9 Å². The summed E-state index contributed by atoms with van der Waals surface area (Å²) in [4.78, 5) is 19.1. The highest BCUT2D eigenvalue weighted by molar-refractivity contribution is 5.89. The molecule has 132 valence electrons. The van der Waals surface area contributed by atoms with Gasteiger partial charge in [-0.1, -0.05) is 12.1 Å². The molecule has 2 aromatic rings. The minimum Gasteiger partial charge on any atom is -0.497 e. The van der Waals surface area contributed by atoms with Gasteiger partial charge in [0.2, 0.25) is 0 Å². The monoisotopic (exact) mass is 344 g/mol. The van der Waals surface area contributed by atoms with Crippen LogP contribution in [0.25, 0.3) is 0 Å². The van der Waals surface area contributed by atoms with Gasteiger partial charge in [-0.2, -0.15) is 0 Å². The van der Waals surface area contributed by atoms with Gasteiger partial charge in [0.05, 0.1) is 13.2 Å². The van der Waals surface area contributed by atoms with Crippen LogP contribution in [0.2, 0.25) is 0 Å². The molecule has 1 aliphatic rings. The highest BCUT2D eigenvalue weighted by Gasteiger charge is 2.20. The fourth-order valence-electron chi connectivity index (χ4n) is 2.55. The highest BCUT2D eigenvalue weighted by atomic mass is 16.5. The number of methoxy groups -OCH3 is 1. The van der Waals surface area contributed by atoms with Crippen molar-refractivity contribution in [3.63, 3.8) is 0 Å². The normalized spacial score (nSPS) is 15.8. The Morgan fingerprint density at radius 2 is 1.80 bits per heavy atom. The average Bonchev–Trinajstić information content (AvgIpc) is 3.09. The summed E-state index contributed by atoms with van der Waals surface area (Å²) in [5.74, 6) is -1.61. The lowest BCUT2D eigenvalue weighted by Gasteiger charge is -2.26. The van der Waals surface area contributed by atoms with Crippen LogP contribution < -0.4 is 10.1 Å². The van der Waals surface area contributed by atoms with E-state index < -0.39 is 11.9 Å². The SMILES string of the molecule is COc1ccc(C2NCCn3cccc32)cc1.O=C(O)/C=C\C(=O)O. The summed E-state index contributed by atoms with van der Waals surface area (Å²) in [5, 5.41) is 19.2. The standard InChI is InChI=1S/C14H16N2O.C4H4O4/c1-17-12-6-4-11(5-7-12)14-13-3-2-9-16(13)10-8-15-14;5-3(6)1-2-4(7)8/h2-7,9,14-15H,8,10H2,1H3;1-2H,(H,5,6)(H,7,8)/b;2-1-. The van der Waals surface area contributed by atoms with E-state index >= 15 is 0 Å². The molecule has 0 fully saturated rings. The molecule has 7 nitrogen and oxygen atoms in total. The molecule has 0 spiro atoms. The molecule has 1 aliphatic heterocycles. The summed E-state index contributed by atoms with van der Waals surface area (Å²) in [7, 11) is 1.69. The maximum absolute atomic E-state index is 9.55. The zero-order valence-electron chi connectivity index (χ0n) is 13.8. The van der Waals surface area contributed by atoms with Crippen LogP contribution in [0.4, 0.5) is 0 Å². The minimum absolute atomic E-state index is 0.296. The van der Waals surface area contributed by atoms with Crippen molar-refractivity contribution in [3.05, 3.63) is 66.0 Å². The van der Waals surface area contributed by atoms with Crippen molar-refractivity contribution in [1.82, 2.24) is 9.88 Å². The zero-order valence-corrected chi connectivity index (χ0v) is 13.8. The van der Waals surface area contributed by atoms with Gasteiger partial charge in [0.15, 0.2) is 0 Å². The van der Waals surface area contributed by atoms with Crippen LogP contribution in [-0.4, -0.2) is 40.4 Å². The number of ether oxygens (including phenoxy) is 1. The molecule has 25 heavy (non-hydrogen) atoms. The molecule has 0 aliphatic carbocycles. The number of rotatable bonds is 4. The molecular weight excluding hydrogens is 324 g/mol. The van der Waals surface area contributed by atoms with Crippen LogP contribution in [0.1, 0.15) is 17.3 Å². The van der Waals surface area contributed by atoms with Crippen molar-refractivity contribution in [2.24, 2.45) is 0 Å². The number of fused-ring (bicyclic) bond motifs is 1. The predicted octanol–water partition coefficient (Wildman–Crippen LogP) is 1.90. The van der Waals surface area contributed by atoms with E-state index in [1.54, 1.807) is 7.11 Å². The van der Waals surface area contributed by atoms with Gasteiger partial charge in [0.1, 0.15) is 5.75 Å². The maximum atomic E-state index is 9.55. The van der Waals surface area contributed by atoms with Crippen LogP contribution >= 0.6 is 0 Å². The molecule has 0 radical (unpaired) electrons. The Morgan fingerprint density at radius 1 is 1.16 bits per heavy atom. The Balaban J connectivity index is 0.000000242. The van der Waals surface area contributed by atoms with Crippen molar-refractivity contribution in [2.75, 3.05) is 13.7 Å². The number of benzene rings is 1. The highest BCUT2D eigenvalue weighted by Crippen LogP contribution is 2.26. The number of aromatic nitrogens is 1. The first kappa shape index (κ1) is 18.3. The van der Waals surface area contributed by atoms with Crippen molar-refractivity contribution >= 4 is 11.9 Å². The smallest absolute Gasteiger partial charge is 0.328 e. The van der Waals surface area contributed by atoms with Gasteiger partial charge in [-0.05, 0) is 29.8 Å². The molecule has 0 bridgehead atoms. The summed E-state index contributed by atoms with van der Waals surface area (Å²) >= 11 is 0. The van der Waals surface area contributed by atoms with Gasteiger partial charge in [0.25, 0.3) is 0 Å². The Labute approximate surface area is 145 Å². The van der Waals surface area contributed by atoms with E-state index in [4.69, 9.17) is 14.9 Å². The fourth-order valence-corrected chi connectivity index (χ4v) is 2.55. The molecule has 1 atom stereocenters. The van der Waals surface area contributed by atoms with Gasteiger partial charge in [-0.25, -0.2) is 9.59 Å². The molecule has 0 saturated heterocycles. The van der Waals surface area contributed by atoms with E-state index in [-0.39, 0.29) is 0 Å². The van der Waals surface area contributed by atoms with Gasteiger partial charge in [-0.15, -0.1) is 0 Å². The molecule has 1 aromatic carbocycles. The number of hydrogen-bond acceptors (Lipinski definition) is 4. The largest absolute Gasteiger partial charge is 0.497 e. The number of nitrogens with zero attached hydrogens (tertiary/aromatic N) is 1. The lowest BCUT2D eigenvalue weighted by molar-refractivity contribution is -0.134. The first-order chi connectivity index (χ1) is 12.0. The second-order valence-corrected chi connectivity index (χ2v) is 5.30. The third-order valence-electron chi connectivity index (χ3n) is 3.68. The molecule has 0 saturated carbocycles. The Morgan fingerprint density at radius 3 is 2.36 bits per heavy atom. The first-order valence-electron chi connectivity index (χ1n) is 7.67. The van der Waals surface area contributed by atoms with E-state index in [9.17, 15) is 9.59 Å². The van der Waals surface area contributed by atoms with Gasteiger partial charge in [-0.3, -0.25) is 0 Å². The minimum atomic E-state index is -1.26. The summed E-state index contributed by atoms with van der Waals surface area (Å²) in [6.07, 6.45) is 3.26. The Bertz CT molecular complexity index is 733. The van der Waals surface area contributed by atoms with Crippen LogP contribution in [0, 0.1) is 0 Å².